The summed E-state index contributed by atoms with van der Waals surface area (Å²) in [5.74, 6) is 0.607. The summed E-state index contributed by atoms with van der Waals surface area (Å²) in [6, 6.07) is 4.14. The molecule has 13 heavy (non-hydrogen) atoms. The topological polar surface area (TPSA) is 38.0 Å². The Kier molecular flexibility index (Phi) is 4.77. The van der Waals surface area contributed by atoms with Gasteiger partial charge in [-0.2, -0.15) is 0 Å². The molecule has 1 aromatic rings. The largest absolute Gasteiger partial charge is 0.377 e. The SMILES string of the molecule is CC(CN)CCNc1ccc(Br)s1. The van der Waals surface area contributed by atoms with Crippen molar-refractivity contribution in [3.8, 4) is 0 Å². The van der Waals surface area contributed by atoms with Gasteiger partial charge in [-0.1, -0.05) is 6.92 Å². The van der Waals surface area contributed by atoms with Crippen molar-refractivity contribution in [2.75, 3.05) is 18.4 Å². The molecule has 0 fully saturated rings. The fraction of sp³-hybridized carbons (Fsp3) is 0.556. The maximum absolute atomic E-state index is 5.52. The summed E-state index contributed by atoms with van der Waals surface area (Å²) in [6.07, 6.45) is 1.13. The molecule has 0 bridgehead atoms. The minimum atomic E-state index is 0.607. The van der Waals surface area contributed by atoms with Crippen LogP contribution in [0.3, 0.4) is 0 Å². The molecule has 0 aliphatic heterocycles. The summed E-state index contributed by atoms with van der Waals surface area (Å²) in [4.78, 5) is 0. The first kappa shape index (κ1) is 11.0. The fourth-order valence-electron chi connectivity index (χ4n) is 0.969. The highest BCUT2D eigenvalue weighted by Crippen LogP contribution is 2.26. The number of halogens is 1. The van der Waals surface area contributed by atoms with Crippen LogP contribution in [0, 0.1) is 5.92 Å². The molecular weight excluding hydrogens is 248 g/mol. The molecule has 3 N–H and O–H groups in total. The Morgan fingerprint density at radius 3 is 2.92 bits per heavy atom. The summed E-state index contributed by atoms with van der Waals surface area (Å²) in [7, 11) is 0. The normalized spacial score (nSPS) is 12.8. The van der Waals surface area contributed by atoms with Crippen LogP contribution >= 0.6 is 27.3 Å². The maximum Gasteiger partial charge on any atom is 0.0894 e. The zero-order valence-corrected chi connectivity index (χ0v) is 10.1. The van der Waals surface area contributed by atoms with E-state index in [1.165, 1.54) is 8.79 Å². The zero-order chi connectivity index (χ0) is 9.68. The van der Waals surface area contributed by atoms with Gasteiger partial charge in [-0.3, -0.25) is 0 Å². The third kappa shape index (κ3) is 4.11. The molecule has 0 saturated heterocycles. The van der Waals surface area contributed by atoms with Crippen LogP contribution in [-0.2, 0) is 0 Å². The van der Waals surface area contributed by atoms with E-state index in [-0.39, 0.29) is 0 Å². The first-order valence-corrected chi connectivity index (χ1v) is 6.02. The number of thiophene rings is 1. The molecule has 1 atom stereocenters. The molecule has 1 heterocycles. The lowest BCUT2D eigenvalue weighted by molar-refractivity contribution is 0.562. The smallest absolute Gasteiger partial charge is 0.0894 e. The molecule has 0 saturated carbocycles. The standard InChI is InChI=1S/C9H15BrN2S/c1-7(6-11)4-5-12-9-3-2-8(10)13-9/h2-3,7,12H,4-6,11H2,1H3. The molecule has 0 aromatic carbocycles. The van der Waals surface area contributed by atoms with E-state index in [4.69, 9.17) is 5.73 Å². The Morgan fingerprint density at radius 2 is 2.38 bits per heavy atom. The molecule has 1 unspecified atom stereocenters. The number of nitrogens with one attached hydrogen (secondary N) is 1. The molecular formula is C9H15BrN2S. The summed E-state index contributed by atoms with van der Waals surface area (Å²) < 4.78 is 1.17. The fourth-order valence-corrected chi connectivity index (χ4v) is 2.28. The Hall–Kier alpha value is -0.0600. The minimum absolute atomic E-state index is 0.607. The Balaban J connectivity index is 2.20. The third-order valence-corrected chi connectivity index (χ3v) is 3.49. The van der Waals surface area contributed by atoms with Gasteiger partial charge in [0.1, 0.15) is 0 Å². The van der Waals surface area contributed by atoms with Gasteiger partial charge in [-0.15, -0.1) is 11.3 Å². The van der Waals surface area contributed by atoms with E-state index in [2.05, 4.69) is 40.3 Å². The quantitative estimate of drug-likeness (QED) is 0.857. The highest BCUT2D eigenvalue weighted by molar-refractivity contribution is 9.11. The van der Waals surface area contributed by atoms with Gasteiger partial charge >= 0.3 is 0 Å². The number of anilines is 1. The summed E-state index contributed by atoms with van der Waals surface area (Å²) in [5, 5.41) is 4.58. The number of hydrogen-bond donors (Lipinski definition) is 2. The third-order valence-electron chi connectivity index (χ3n) is 1.91. The van der Waals surface area contributed by atoms with Crippen LogP contribution in [0.1, 0.15) is 13.3 Å². The van der Waals surface area contributed by atoms with E-state index < -0.39 is 0 Å². The van der Waals surface area contributed by atoms with Gasteiger partial charge in [0.2, 0.25) is 0 Å². The lowest BCUT2D eigenvalue weighted by Crippen LogP contribution is -2.14. The lowest BCUT2D eigenvalue weighted by atomic mass is 10.1. The van der Waals surface area contributed by atoms with Crippen LogP contribution < -0.4 is 11.1 Å². The van der Waals surface area contributed by atoms with Gasteiger partial charge in [0, 0.05) is 6.54 Å². The Labute approximate surface area is 91.7 Å². The predicted octanol–water partition coefficient (Wildman–Crippen LogP) is 2.91. The lowest BCUT2D eigenvalue weighted by Gasteiger charge is -2.08. The van der Waals surface area contributed by atoms with Crippen molar-refractivity contribution in [2.45, 2.75) is 13.3 Å². The Bertz CT molecular complexity index is 250. The van der Waals surface area contributed by atoms with Crippen molar-refractivity contribution in [1.29, 1.82) is 0 Å². The molecule has 0 amide bonds. The van der Waals surface area contributed by atoms with Crippen molar-refractivity contribution >= 4 is 32.3 Å². The van der Waals surface area contributed by atoms with Crippen molar-refractivity contribution < 1.29 is 0 Å². The van der Waals surface area contributed by atoms with Gasteiger partial charge in [0.25, 0.3) is 0 Å². The molecule has 74 valence electrons. The highest BCUT2D eigenvalue weighted by Gasteiger charge is 1.99. The van der Waals surface area contributed by atoms with Gasteiger partial charge in [0.15, 0.2) is 0 Å². The van der Waals surface area contributed by atoms with E-state index in [0.29, 0.717) is 5.92 Å². The maximum atomic E-state index is 5.52. The van der Waals surface area contributed by atoms with Crippen LogP contribution in [0.15, 0.2) is 15.9 Å². The van der Waals surface area contributed by atoms with E-state index in [0.717, 1.165) is 19.5 Å². The van der Waals surface area contributed by atoms with Crippen LogP contribution in [0.5, 0.6) is 0 Å². The average molecular weight is 263 g/mol. The average Bonchev–Trinajstić information content (AvgIpc) is 2.51. The van der Waals surface area contributed by atoms with Gasteiger partial charge in [-0.25, -0.2) is 0 Å². The van der Waals surface area contributed by atoms with Crippen LogP contribution in [0.4, 0.5) is 5.00 Å². The predicted molar refractivity (Wildman–Crippen MR) is 63.3 cm³/mol. The van der Waals surface area contributed by atoms with Crippen molar-refractivity contribution in [3.63, 3.8) is 0 Å². The first-order valence-electron chi connectivity index (χ1n) is 4.41. The van der Waals surface area contributed by atoms with Crippen molar-refractivity contribution in [3.05, 3.63) is 15.9 Å². The summed E-state index contributed by atoms with van der Waals surface area (Å²) >= 11 is 5.15. The molecule has 0 spiro atoms. The first-order chi connectivity index (χ1) is 6.22. The van der Waals surface area contributed by atoms with E-state index in [1.54, 1.807) is 11.3 Å². The number of hydrogen-bond acceptors (Lipinski definition) is 3. The second-order valence-corrected chi connectivity index (χ2v) is 5.62. The summed E-state index contributed by atoms with van der Waals surface area (Å²) in [6.45, 7) is 3.95. The molecule has 4 heteroatoms. The van der Waals surface area contributed by atoms with Gasteiger partial charge in [0.05, 0.1) is 8.79 Å². The molecule has 1 aromatic heterocycles. The van der Waals surface area contributed by atoms with Crippen LogP contribution in [-0.4, -0.2) is 13.1 Å². The Morgan fingerprint density at radius 1 is 1.62 bits per heavy atom. The number of nitrogens with two attached hydrogens (primary N) is 1. The highest BCUT2D eigenvalue weighted by atomic mass is 79.9. The molecule has 2 nitrogen and oxygen atoms in total. The van der Waals surface area contributed by atoms with Crippen LogP contribution in [0.25, 0.3) is 0 Å². The second-order valence-electron chi connectivity index (χ2n) is 3.16. The van der Waals surface area contributed by atoms with Crippen molar-refractivity contribution in [2.24, 2.45) is 11.7 Å². The van der Waals surface area contributed by atoms with Crippen molar-refractivity contribution in [1.82, 2.24) is 0 Å². The van der Waals surface area contributed by atoms with Gasteiger partial charge < -0.3 is 11.1 Å². The molecule has 0 aliphatic carbocycles. The molecule has 0 radical (unpaired) electrons. The van der Waals surface area contributed by atoms with E-state index in [9.17, 15) is 0 Å². The van der Waals surface area contributed by atoms with E-state index >= 15 is 0 Å². The monoisotopic (exact) mass is 262 g/mol. The molecule has 1 rings (SSSR count). The molecule has 0 aliphatic rings. The second kappa shape index (κ2) is 5.62. The minimum Gasteiger partial charge on any atom is -0.377 e. The zero-order valence-electron chi connectivity index (χ0n) is 7.72. The van der Waals surface area contributed by atoms with Gasteiger partial charge in [-0.05, 0) is 46.9 Å². The summed E-state index contributed by atoms with van der Waals surface area (Å²) in [5.41, 5.74) is 5.52. The van der Waals surface area contributed by atoms with Crippen LogP contribution in [0.2, 0.25) is 0 Å². The number of rotatable bonds is 5. The van der Waals surface area contributed by atoms with E-state index in [1.807, 2.05) is 0 Å².